The van der Waals surface area contributed by atoms with Crippen LogP contribution in [-0.4, -0.2) is 39.0 Å². The second kappa shape index (κ2) is 5.79. The second-order valence-corrected chi connectivity index (χ2v) is 6.19. The summed E-state index contributed by atoms with van der Waals surface area (Å²) >= 11 is 0. The van der Waals surface area contributed by atoms with E-state index in [4.69, 9.17) is 9.47 Å². The van der Waals surface area contributed by atoms with Gasteiger partial charge in [0.05, 0.1) is 18.1 Å². The van der Waals surface area contributed by atoms with Gasteiger partial charge in [-0.05, 0) is 12.1 Å². The molecule has 5 nitrogen and oxygen atoms in total. The summed E-state index contributed by atoms with van der Waals surface area (Å²) in [5.74, 6) is 1.11. The summed E-state index contributed by atoms with van der Waals surface area (Å²) < 4.78 is 37.2. The first-order valence-electron chi connectivity index (χ1n) is 6.49. The van der Waals surface area contributed by atoms with Gasteiger partial charge in [-0.25, -0.2) is 8.42 Å². The van der Waals surface area contributed by atoms with E-state index in [-0.39, 0.29) is 4.90 Å². The molecule has 1 aliphatic heterocycles. The van der Waals surface area contributed by atoms with Crippen molar-refractivity contribution in [1.82, 2.24) is 4.31 Å². The third kappa shape index (κ3) is 2.84. The minimum atomic E-state index is -3.45. The molecule has 0 aromatic heterocycles. The fraction of sp³-hybridized carbons (Fsp3) is 0.538. The summed E-state index contributed by atoms with van der Waals surface area (Å²) in [5.41, 5.74) is 0. The fourth-order valence-electron chi connectivity index (χ4n) is 2.02. The zero-order valence-electron chi connectivity index (χ0n) is 11.3. The molecule has 0 atom stereocenters. The van der Waals surface area contributed by atoms with Crippen LogP contribution in [0.15, 0.2) is 23.1 Å². The van der Waals surface area contributed by atoms with Crippen LogP contribution < -0.4 is 9.47 Å². The third-order valence-corrected chi connectivity index (χ3v) is 5.11. The molecule has 0 spiro atoms. The van der Waals surface area contributed by atoms with Crippen LogP contribution in [0.3, 0.4) is 0 Å². The summed E-state index contributed by atoms with van der Waals surface area (Å²) in [6.07, 6.45) is 0.798. The van der Waals surface area contributed by atoms with Crippen molar-refractivity contribution in [2.75, 3.05) is 26.3 Å². The molecule has 0 unspecified atom stereocenters. The minimum Gasteiger partial charge on any atom is -0.490 e. The number of nitrogens with zero attached hydrogens (tertiary/aromatic N) is 1. The molecule has 0 saturated carbocycles. The van der Waals surface area contributed by atoms with Crippen molar-refractivity contribution >= 4 is 10.0 Å². The van der Waals surface area contributed by atoms with E-state index in [9.17, 15) is 8.42 Å². The SMILES string of the molecule is CCN(CC)S(=O)(=O)c1ccc2c(c1)OCCCO2. The van der Waals surface area contributed by atoms with Gasteiger partial charge in [0.15, 0.2) is 11.5 Å². The van der Waals surface area contributed by atoms with Crippen molar-refractivity contribution in [2.45, 2.75) is 25.2 Å². The molecular formula is C13H19NO4S. The van der Waals surface area contributed by atoms with Crippen molar-refractivity contribution in [3.63, 3.8) is 0 Å². The van der Waals surface area contributed by atoms with Crippen molar-refractivity contribution < 1.29 is 17.9 Å². The molecule has 2 rings (SSSR count). The van der Waals surface area contributed by atoms with Gasteiger partial charge in [0.1, 0.15) is 0 Å². The van der Waals surface area contributed by atoms with Crippen LogP contribution >= 0.6 is 0 Å². The summed E-state index contributed by atoms with van der Waals surface area (Å²) in [7, 11) is -3.45. The highest BCUT2D eigenvalue weighted by Crippen LogP contribution is 2.32. The lowest BCUT2D eigenvalue weighted by molar-refractivity contribution is 0.297. The summed E-state index contributed by atoms with van der Waals surface area (Å²) in [4.78, 5) is 0.250. The Hall–Kier alpha value is -1.27. The summed E-state index contributed by atoms with van der Waals surface area (Å²) in [6, 6.07) is 4.78. The molecule has 1 heterocycles. The van der Waals surface area contributed by atoms with Gasteiger partial charge in [0.25, 0.3) is 0 Å². The Morgan fingerprint density at radius 3 is 2.37 bits per heavy atom. The van der Waals surface area contributed by atoms with E-state index in [1.807, 2.05) is 13.8 Å². The molecule has 0 N–H and O–H groups in total. The Balaban J connectivity index is 2.38. The molecule has 19 heavy (non-hydrogen) atoms. The zero-order valence-corrected chi connectivity index (χ0v) is 12.1. The summed E-state index contributed by atoms with van der Waals surface area (Å²) in [5, 5.41) is 0. The molecule has 0 fully saturated rings. The molecule has 0 radical (unpaired) electrons. The van der Waals surface area contributed by atoms with E-state index in [0.717, 1.165) is 6.42 Å². The lowest BCUT2D eigenvalue weighted by Crippen LogP contribution is -2.30. The maximum absolute atomic E-state index is 12.4. The van der Waals surface area contributed by atoms with Gasteiger partial charge < -0.3 is 9.47 Å². The van der Waals surface area contributed by atoms with Gasteiger partial charge in [-0.3, -0.25) is 0 Å². The maximum atomic E-state index is 12.4. The first kappa shape index (κ1) is 14.1. The monoisotopic (exact) mass is 285 g/mol. The Kier molecular flexibility index (Phi) is 4.31. The molecule has 0 aliphatic carbocycles. The van der Waals surface area contributed by atoms with Crippen LogP contribution in [0.1, 0.15) is 20.3 Å². The van der Waals surface area contributed by atoms with Gasteiger partial charge in [-0.1, -0.05) is 13.8 Å². The average Bonchev–Trinajstić information content (AvgIpc) is 2.64. The molecule has 1 aromatic rings. The predicted molar refractivity (Wildman–Crippen MR) is 72.2 cm³/mol. The molecule has 6 heteroatoms. The van der Waals surface area contributed by atoms with E-state index in [0.29, 0.717) is 37.8 Å². The topological polar surface area (TPSA) is 55.8 Å². The number of fused-ring (bicyclic) bond motifs is 1. The molecule has 0 bridgehead atoms. The number of hydrogen-bond acceptors (Lipinski definition) is 4. The van der Waals surface area contributed by atoms with Gasteiger partial charge in [-0.2, -0.15) is 4.31 Å². The first-order valence-corrected chi connectivity index (χ1v) is 7.93. The van der Waals surface area contributed by atoms with Crippen LogP contribution in [0.4, 0.5) is 0 Å². The zero-order chi connectivity index (χ0) is 13.9. The van der Waals surface area contributed by atoms with Crippen LogP contribution in [0.2, 0.25) is 0 Å². The van der Waals surface area contributed by atoms with Crippen LogP contribution in [0.25, 0.3) is 0 Å². The lowest BCUT2D eigenvalue weighted by Gasteiger charge is -2.19. The van der Waals surface area contributed by atoms with E-state index >= 15 is 0 Å². The Bertz CT molecular complexity index is 538. The number of rotatable bonds is 4. The van der Waals surface area contributed by atoms with E-state index in [1.165, 1.54) is 4.31 Å². The minimum absolute atomic E-state index is 0.250. The number of ether oxygens (including phenoxy) is 2. The highest BCUT2D eigenvalue weighted by Gasteiger charge is 2.23. The smallest absolute Gasteiger partial charge is 0.243 e. The number of benzene rings is 1. The van der Waals surface area contributed by atoms with Gasteiger partial charge in [0.2, 0.25) is 10.0 Å². The predicted octanol–water partition coefficient (Wildman–Crippen LogP) is 1.88. The average molecular weight is 285 g/mol. The highest BCUT2D eigenvalue weighted by molar-refractivity contribution is 7.89. The second-order valence-electron chi connectivity index (χ2n) is 4.25. The quantitative estimate of drug-likeness (QED) is 0.847. The molecular weight excluding hydrogens is 266 g/mol. The van der Waals surface area contributed by atoms with E-state index < -0.39 is 10.0 Å². The molecule has 0 saturated heterocycles. The van der Waals surface area contributed by atoms with Crippen LogP contribution in [0.5, 0.6) is 11.5 Å². The molecule has 0 amide bonds. The Morgan fingerprint density at radius 1 is 1.11 bits per heavy atom. The molecule has 1 aliphatic rings. The van der Waals surface area contributed by atoms with Gasteiger partial charge in [0, 0.05) is 25.6 Å². The fourth-order valence-corrected chi connectivity index (χ4v) is 3.49. The maximum Gasteiger partial charge on any atom is 0.243 e. The first-order chi connectivity index (χ1) is 9.09. The van der Waals surface area contributed by atoms with E-state index in [1.54, 1.807) is 18.2 Å². The largest absolute Gasteiger partial charge is 0.490 e. The Labute approximate surface area is 114 Å². The van der Waals surface area contributed by atoms with Crippen molar-refractivity contribution in [2.24, 2.45) is 0 Å². The van der Waals surface area contributed by atoms with Gasteiger partial charge >= 0.3 is 0 Å². The highest BCUT2D eigenvalue weighted by atomic mass is 32.2. The standard InChI is InChI=1S/C13H19NO4S/c1-3-14(4-2)19(15,16)11-6-7-12-13(10-11)18-9-5-8-17-12/h6-7,10H,3-5,8-9H2,1-2H3. The van der Waals surface area contributed by atoms with E-state index in [2.05, 4.69) is 0 Å². The van der Waals surface area contributed by atoms with Crippen molar-refractivity contribution in [3.8, 4) is 11.5 Å². The van der Waals surface area contributed by atoms with Crippen LogP contribution in [-0.2, 0) is 10.0 Å². The number of sulfonamides is 1. The number of hydrogen-bond donors (Lipinski definition) is 0. The summed E-state index contributed by atoms with van der Waals surface area (Å²) in [6.45, 7) is 5.69. The van der Waals surface area contributed by atoms with Crippen LogP contribution in [0, 0.1) is 0 Å². The van der Waals surface area contributed by atoms with Crippen molar-refractivity contribution in [3.05, 3.63) is 18.2 Å². The van der Waals surface area contributed by atoms with Crippen molar-refractivity contribution in [1.29, 1.82) is 0 Å². The van der Waals surface area contributed by atoms with Gasteiger partial charge in [-0.15, -0.1) is 0 Å². The molecule has 106 valence electrons. The lowest BCUT2D eigenvalue weighted by atomic mass is 10.3. The normalized spacial score (nSPS) is 15.3. The third-order valence-electron chi connectivity index (χ3n) is 3.06. The molecule has 1 aromatic carbocycles. The Morgan fingerprint density at radius 2 is 1.74 bits per heavy atom.